The third-order valence-corrected chi connectivity index (χ3v) is 5.43. The van der Waals surface area contributed by atoms with Gasteiger partial charge in [-0.2, -0.15) is 8.42 Å². The summed E-state index contributed by atoms with van der Waals surface area (Å²) in [5, 5.41) is 0. The Morgan fingerprint density at radius 3 is 2.38 bits per heavy atom. The molecule has 0 aromatic carbocycles. The molecule has 0 saturated heterocycles. The van der Waals surface area contributed by atoms with Crippen LogP contribution in [0.4, 0.5) is 0 Å². The number of hydrogen-bond donors (Lipinski definition) is 1. The summed E-state index contributed by atoms with van der Waals surface area (Å²) in [7, 11) is -4.08. The topological polar surface area (TPSA) is 71.4 Å². The molecule has 4 nitrogen and oxygen atoms in total. The molecule has 0 aromatic heterocycles. The molecule has 1 N–H and O–H groups in total. The fourth-order valence-electron chi connectivity index (χ4n) is 3.42. The van der Waals surface area contributed by atoms with Gasteiger partial charge in [0.1, 0.15) is 5.78 Å². The van der Waals surface area contributed by atoms with Gasteiger partial charge in [0.15, 0.2) is 0 Å². The predicted octanol–water partition coefficient (Wildman–Crippen LogP) is 1.11. The molecule has 0 heterocycles. The van der Waals surface area contributed by atoms with Gasteiger partial charge in [0, 0.05) is 6.42 Å². The van der Waals surface area contributed by atoms with E-state index in [0.29, 0.717) is 12.8 Å². The molecule has 90 valence electrons. The van der Waals surface area contributed by atoms with Crippen LogP contribution in [0.2, 0.25) is 0 Å². The average molecular weight is 274 g/mol. The maximum atomic E-state index is 11.9. The van der Waals surface area contributed by atoms with E-state index in [-0.39, 0.29) is 57.7 Å². The van der Waals surface area contributed by atoms with Crippen molar-refractivity contribution < 1.29 is 20.6 Å². The van der Waals surface area contributed by atoms with Crippen molar-refractivity contribution in [1.82, 2.24) is 0 Å². The Kier molecular flexibility index (Phi) is 3.91. The summed E-state index contributed by atoms with van der Waals surface area (Å²) in [6, 6.07) is 0. The number of hydrogen-bond acceptors (Lipinski definition) is 3. The maximum absolute atomic E-state index is 11.9. The van der Waals surface area contributed by atoms with Gasteiger partial charge in [0.05, 0.1) is 11.2 Å². The smallest absolute Gasteiger partial charge is 1.00 e. The summed E-state index contributed by atoms with van der Waals surface area (Å²) in [5.41, 5.74) is -1.12. The van der Waals surface area contributed by atoms with E-state index >= 15 is 0 Å². The first-order valence-electron chi connectivity index (χ1n) is 5.17. The van der Waals surface area contributed by atoms with Crippen LogP contribution < -0.4 is 0 Å². The van der Waals surface area contributed by atoms with Gasteiger partial charge in [-0.25, -0.2) is 0 Å². The molecule has 2 aliphatic carbocycles. The SMILES string of the molecule is CC1(C)C2CCC1(CS(=O)(=O)O)C(=O)C2.[Ca+2].[H-].[H-]. The van der Waals surface area contributed by atoms with Crippen LogP contribution in [0.25, 0.3) is 0 Å². The molecule has 2 saturated carbocycles. The Balaban J connectivity index is 0. The van der Waals surface area contributed by atoms with Crippen molar-refractivity contribution in [3.63, 3.8) is 0 Å². The number of Topliss-reactive ketones (excluding diaryl/α,β-unsaturated/α-hetero) is 1. The Bertz CT molecular complexity index is 424. The molecular weight excluding hydrogens is 256 g/mol. The second-order valence-corrected chi connectivity index (χ2v) is 6.85. The Morgan fingerprint density at radius 2 is 2.06 bits per heavy atom. The second kappa shape index (κ2) is 4.19. The van der Waals surface area contributed by atoms with Crippen molar-refractivity contribution in [3.8, 4) is 0 Å². The molecule has 0 radical (unpaired) electrons. The monoisotopic (exact) mass is 274 g/mol. The van der Waals surface area contributed by atoms with Crippen LogP contribution in [0.5, 0.6) is 0 Å². The van der Waals surface area contributed by atoms with E-state index in [4.69, 9.17) is 4.55 Å². The molecule has 0 amide bonds. The quantitative estimate of drug-likeness (QED) is 0.605. The van der Waals surface area contributed by atoms with E-state index in [9.17, 15) is 13.2 Å². The second-order valence-electron chi connectivity index (χ2n) is 5.39. The van der Waals surface area contributed by atoms with Crippen molar-refractivity contribution in [3.05, 3.63) is 0 Å². The van der Waals surface area contributed by atoms with E-state index < -0.39 is 21.3 Å². The third kappa shape index (κ3) is 1.99. The third-order valence-electron chi connectivity index (χ3n) is 4.57. The van der Waals surface area contributed by atoms with Gasteiger partial charge in [0.25, 0.3) is 10.1 Å². The Labute approximate surface area is 129 Å². The summed E-state index contributed by atoms with van der Waals surface area (Å²) >= 11 is 0. The van der Waals surface area contributed by atoms with Gasteiger partial charge in [-0.3, -0.25) is 9.35 Å². The van der Waals surface area contributed by atoms with Gasteiger partial charge in [-0.05, 0) is 24.2 Å². The molecule has 0 aliphatic heterocycles. The van der Waals surface area contributed by atoms with E-state index in [2.05, 4.69) is 0 Å². The van der Waals surface area contributed by atoms with Crippen LogP contribution in [0.1, 0.15) is 36.0 Å². The van der Waals surface area contributed by atoms with Gasteiger partial charge in [-0.15, -0.1) is 0 Å². The normalized spacial score (nSPS) is 36.2. The van der Waals surface area contributed by atoms with Crippen molar-refractivity contribution in [2.24, 2.45) is 16.7 Å². The number of fused-ring (bicyclic) bond motifs is 2. The fraction of sp³-hybridized carbons (Fsp3) is 0.900. The van der Waals surface area contributed by atoms with Crippen LogP contribution in [-0.4, -0.2) is 62.2 Å². The largest absolute Gasteiger partial charge is 2.00 e. The number of carbonyl (C=O) groups is 1. The van der Waals surface area contributed by atoms with Crippen LogP contribution in [0.15, 0.2) is 0 Å². The molecule has 2 unspecified atom stereocenters. The predicted molar refractivity (Wildman–Crippen MR) is 63.0 cm³/mol. The van der Waals surface area contributed by atoms with Crippen LogP contribution in [0.3, 0.4) is 0 Å². The first-order valence-corrected chi connectivity index (χ1v) is 6.78. The molecule has 2 atom stereocenters. The fourth-order valence-corrected chi connectivity index (χ4v) is 4.72. The summed E-state index contributed by atoms with van der Waals surface area (Å²) in [4.78, 5) is 11.9. The van der Waals surface area contributed by atoms with Crippen LogP contribution >= 0.6 is 0 Å². The molecule has 16 heavy (non-hydrogen) atoms. The van der Waals surface area contributed by atoms with Gasteiger partial charge >= 0.3 is 37.7 Å². The minimum absolute atomic E-state index is 0. The van der Waals surface area contributed by atoms with Crippen molar-refractivity contribution >= 4 is 53.6 Å². The standard InChI is InChI=1S/C10H16O4S.Ca.2H/c1-9(2)7-3-4-10(9,8(11)5-7)6-15(12,13)14;;;/h7H,3-6H2,1-2H3,(H,12,13,14);;;/q;+2;2*-1. The Morgan fingerprint density at radius 1 is 1.50 bits per heavy atom. The zero-order chi connectivity index (χ0) is 11.5. The van der Waals surface area contributed by atoms with Gasteiger partial charge in [-0.1, -0.05) is 13.8 Å². The van der Waals surface area contributed by atoms with Gasteiger partial charge in [0.2, 0.25) is 0 Å². The number of carbonyl (C=O) groups excluding carboxylic acids is 1. The van der Waals surface area contributed by atoms with E-state index in [1.165, 1.54) is 0 Å². The van der Waals surface area contributed by atoms with Crippen molar-refractivity contribution in [1.29, 1.82) is 0 Å². The van der Waals surface area contributed by atoms with Crippen LogP contribution in [0, 0.1) is 16.7 Å². The summed E-state index contributed by atoms with van der Waals surface area (Å²) in [6.45, 7) is 3.89. The molecule has 2 bridgehead atoms. The molecule has 2 aliphatic rings. The first kappa shape index (κ1) is 14.9. The van der Waals surface area contributed by atoms with E-state index in [0.717, 1.165) is 6.42 Å². The summed E-state index contributed by atoms with van der Waals surface area (Å²) in [5.74, 6) is -0.101. The van der Waals surface area contributed by atoms with Crippen LogP contribution in [-0.2, 0) is 14.9 Å². The first-order chi connectivity index (χ1) is 6.69. The molecule has 2 fully saturated rings. The Hall–Kier alpha value is 0.840. The zero-order valence-electron chi connectivity index (χ0n) is 11.7. The van der Waals surface area contributed by atoms with Crippen molar-refractivity contribution in [2.45, 2.75) is 33.1 Å². The van der Waals surface area contributed by atoms with E-state index in [1.807, 2.05) is 13.8 Å². The minimum Gasteiger partial charge on any atom is -1.00 e. The van der Waals surface area contributed by atoms with Crippen molar-refractivity contribution in [2.75, 3.05) is 5.75 Å². The molecule has 6 heteroatoms. The molecule has 0 spiro atoms. The average Bonchev–Trinajstić information content (AvgIpc) is 2.34. The molecule has 2 rings (SSSR count). The summed E-state index contributed by atoms with van der Waals surface area (Å²) < 4.78 is 31.0. The number of rotatable bonds is 2. The maximum Gasteiger partial charge on any atom is 2.00 e. The van der Waals surface area contributed by atoms with Gasteiger partial charge < -0.3 is 2.85 Å². The number of ketones is 1. The minimum atomic E-state index is -4.08. The zero-order valence-corrected chi connectivity index (χ0v) is 12.7. The van der Waals surface area contributed by atoms with E-state index in [1.54, 1.807) is 0 Å². The molecule has 0 aromatic rings. The summed E-state index contributed by atoms with van der Waals surface area (Å²) in [6.07, 6.45) is 1.97. The molecular formula is C10H18CaO4S.